The Bertz CT molecular complexity index is 530. The van der Waals surface area contributed by atoms with Crippen LogP contribution in [0, 0.1) is 6.92 Å². The van der Waals surface area contributed by atoms with Crippen LogP contribution in [0.25, 0.3) is 0 Å². The SMILES string of the molecule is Cc1cc(CC(C)(C)NC(=O)NCCC(=O)O)ccc1Br. The normalized spacial score (nSPS) is 11.0. The topological polar surface area (TPSA) is 78.4 Å². The first-order valence-corrected chi connectivity index (χ1v) is 7.52. The molecule has 0 atom stereocenters. The molecule has 0 aliphatic heterocycles. The third-order valence-corrected chi connectivity index (χ3v) is 3.83. The monoisotopic (exact) mass is 356 g/mol. The van der Waals surface area contributed by atoms with E-state index in [9.17, 15) is 9.59 Å². The third-order valence-electron chi connectivity index (χ3n) is 2.94. The zero-order chi connectivity index (χ0) is 16.0. The Kier molecular flexibility index (Phi) is 6.20. The lowest BCUT2D eigenvalue weighted by atomic mass is 9.94. The van der Waals surface area contributed by atoms with Gasteiger partial charge in [0.25, 0.3) is 0 Å². The fraction of sp³-hybridized carbons (Fsp3) is 0.467. The minimum absolute atomic E-state index is 0.0836. The molecule has 0 heterocycles. The first-order chi connectivity index (χ1) is 9.69. The number of urea groups is 1. The second-order valence-corrected chi connectivity index (χ2v) is 6.52. The fourth-order valence-corrected chi connectivity index (χ4v) is 2.25. The molecule has 21 heavy (non-hydrogen) atoms. The number of carboxylic acid groups (broad SMARTS) is 1. The van der Waals surface area contributed by atoms with Crippen molar-refractivity contribution in [3.8, 4) is 0 Å². The highest BCUT2D eigenvalue weighted by atomic mass is 79.9. The zero-order valence-corrected chi connectivity index (χ0v) is 14.1. The van der Waals surface area contributed by atoms with E-state index in [1.165, 1.54) is 0 Å². The van der Waals surface area contributed by atoms with E-state index in [2.05, 4.69) is 32.6 Å². The quantitative estimate of drug-likeness (QED) is 0.733. The van der Waals surface area contributed by atoms with Gasteiger partial charge in [-0.2, -0.15) is 0 Å². The van der Waals surface area contributed by atoms with Gasteiger partial charge in [0.05, 0.1) is 6.42 Å². The van der Waals surface area contributed by atoms with Crippen molar-refractivity contribution in [1.82, 2.24) is 10.6 Å². The van der Waals surface area contributed by atoms with Gasteiger partial charge >= 0.3 is 12.0 Å². The first kappa shape index (κ1) is 17.5. The summed E-state index contributed by atoms with van der Waals surface area (Å²) in [4.78, 5) is 22.1. The number of rotatable bonds is 6. The molecule has 0 unspecified atom stereocenters. The molecule has 0 fully saturated rings. The summed E-state index contributed by atoms with van der Waals surface area (Å²) in [5.74, 6) is -0.931. The van der Waals surface area contributed by atoms with Gasteiger partial charge in [-0.15, -0.1) is 0 Å². The predicted molar refractivity (Wildman–Crippen MR) is 85.4 cm³/mol. The van der Waals surface area contributed by atoms with E-state index in [1.54, 1.807) is 0 Å². The Morgan fingerprint density at radius 1 is 1.33 bits per heavy atom. The number of carbonyl (C=O) groups excluding carboxylic acids is 1. The number of hydrogen-bond acceptors (Lipinski definition) is 2. The number of aryl methyl sites for hydroxylation is 1. The van der Waals surface area contributed by atoms with Gasteiger partial charge in [-0.05, 0) is 44.4 Å². The van der Waals surface area contributed by atoms with E-state index < -0.39 is 11.5 Å². The molecule has 5 nitrogen and oxygen atoms in total. The molecule has 0 bridgehead atoms. The number of halogens is 1. The second kappa shape index (κ2) is 7.45. The highest BCUT2D eigenvalue weighted by Gasteiger charge is 2.21. The average molecular weight is 357 g/mol. The number of benzene rings is 1. The van der Waals surface area contributed by atoms with E-state index in [1.807, 2.05) is 32.9 Å². The van der Waals surface area contributed by atoms with E-state index in [4.69, 9.17) is 5.11 Å². The Labute approximate surface area is 133 Å². The lowest BCUT2D eigenvalue weighted by Crippen LogP contribution is -2.49. The predicted octanol–water partition coefficient (Wildman–Crippen LogP) is 2.85. The molecule has 2 amide bonds. The summed E-state index contributed by atoms with van der Waals surface area (Å²) in [5, 5.41) is 13.9. The Morgan fingerprint density at radius 2 is 2.00 bits per heavy atom. The summed E-state index contributed by atoms with van der Waals surface area (Å²) in [5.41, 5.74) is 1.86. The van der Waals surface area contributed by atoms with Crippen molar-refractivity contribution in [3.63, 3.8) is 0 Å². The molecular weight excluding hydrogens is 336 g/mol. The van der Waals surface area contributed by atoms with Crippen molar-refractivity contribution in [2.75, 3.05) is 6.54 Å². The van der Waals surface area contributed by atoms with Crippen LogP contribution in [-0.4, -0.2) is 29.2 Å². The van der Waals surface area contributed by atoms with E-state index in [-0.39, 0.29) is 19.0 Å². The smallest absolute Gasteiger partial charge is 0.315 e. The van der Waals surface area contributed by atoms with Crippen LogP contribution in [0.15, 0.2) is 22.7 Å². The minimum atomic E-state index is -0.931. The molecule has 0 aliphatic carbocycles. The summed E-state index contributed by atoms with van der Waals surface area (Å²) in [6, 6.07) is 5.74. The summed E-state index contributed by atoms with van der Waals surface area (Å²) in [6.07, 6.45) is 0.604. The maximum atomic E-state index is 11.7. The maximum absolute atomic E-state index is 11.7. The van der Waals surface area contributed by atoms with Crippen molar-refractivity contribution < 1.29 is 14.7 Å². The summed E-state index contributed by atoms with van der Waals surface area (Å²) < 4.78 is 1.06. The fourth-order valence-electron chi connectivity index (χ4n) is 2.01. The van der Waals surface area contributed by atoms with Gasteiger partial charge in [-0.25, -0.2) is 4.79 Å². The van der Waals surface area contributed by atoms with Gasteiger partial charge in [0, 0.05) is 16.6 Å². The Balaban J connectivity index is 2.54. The number of carbonyl (C=O) groups is 2. The van der Waals surface area contributed by atoms with Crippen molar-refractivity contribution in [3.05, 3.63) is 33.8 Å². The van der Waals surface area contributed by atoms with Crippen LogP contribution >= 0.6 is 15.9 Å². The molecule has 0 aliphatic rings. The maximum Gasteiger partial charge on any atom is 0.315 e. The van der Waals surface area contributed by atoms with Crippen LogP contribution in [-0.2, 0) is 11.2 Å². The molecule has 116 valence electrons. The second-order valence-electron chi connectivity index (χ2n) is 5.67. The molecule has 3 N–H and O–H groups in total. The highest BCUT2D eigenvalue weighted by molar-refractivity contribution is 9.10. The number of amides is 2. The summed E-state index contributed by atoms with van der Waals surface area (Å²) >= 11 is 3.46. The molecular formula is C15H21BrN2O3. The van der Waals surface area contributed by atoms with Crippen LogP contribution < -0.4 is 10.6 Å². The number of aliphatic carboxylic acids is 1. The summed E-state index contributed by atoms with van der Waals surface area (Å²) in [7, 11) is 0. The molecule has 0 radical (unpaired) electrons. The van der Waals surface area contributed by atoms with E-state index in [0.717, 1.165) is 15.6 Å². The molecule has 6 heteroatoms. The van der Waals surface area contributed by atoms with E-state index in [0.29, 0.717) is 6.42 Å². The number of hydrogen-bond donors (Lipinski definition) is 3. The lowest BCUT2D eigenvalue weighted by molar-refractivity contribution is -0.136. The van der Waals surface area contributed by atoms with Crippen LogP contribution in [0.5, 0.6) is 0 Å². The standard InChI is InChI=1S/C15H21BrN2O3/c1-10-8-11(4-5-12(10)16)9-15(2,3)18-14(21)17-7-6-13(19)20/h4-5,8H,6-7,9H2,1-3H3,(H,19,20)(H2,17,18,21). The van der Waals surface area contributed by atoms with Gasteiger partial charge in [0.1, 0.15) is 0 Å². The molecule has 1 rings (SSSR count). The molecule has 0 spiro atoms. The lowest BCUT2D eigenvalue weighted by Gasteiger charge is -2.26. The van der Waals surface area contributed by atoms with Gasteiger partial charge in [0.2, 0.25) is 0 Å². The Hall–Kier alpha value is -1.56. The number of nitrogens with one attached hydrogen (secondary N) is 2. The number of carboxylic acids is 1. The Morgan fingerprint density at radius 3 is 2.57 bits per heavy atom. The highest BCUT2D eigenvalue weighted by Crippen LogP contribution is 2.20. The van der Waals surface area contributed by atoms with Crippen LogP contribution in [0.3, 0.4) is 0 Å². The first-order valence-electron chi connectivity index (χ1n) is 6.72. The molecule has 1 aromatic rings. The molecule has 1 aromatic carbocycles. The van der Waals surface area contributed by atoms with E-state index >= 15 is 0 Å². The molecule has 0 aromatic heterocycles. The van der Waals surface area contributed by atoms with Gasteiger partial charge in [-0.1, -0.05) is 28.1 Å². The van der Waals surface area contributed by atoms with Crippen molar-refractivity contribution in [2.45, 2.75) is 39.2 Å². The average Bonchev–Trinajstić information content (AvgIpc) is 2.32. The van der Waals surface area contributed by atoms with Crippen LogP contribution in [0.4, 0.5) is 4.79 Å². The largest absolute Gasteiger partial charge is 0.481 e. The minimum Gasteiger partial charge on any atom is -0.481 e. The van der Waals surface area contributed by atoms with Crippen LogP contribution in [0.1, 0.15) is 31.4 Å². The zero-order valence-electron chi connectivity index (χ0n) is 12.5. The van der Waals surface area contributed by atoms with Gasteiger partial charge in [0.15, 0.2) is 0 Å². The van der Waals surface area contributed by atoms with Crippen molar-refractivity contribution in [2.24, 2.45) is 0 Å². The van der Waals surface area contributed by atoms with Gasteiger partial charge in [-0.3, -0.25) is 4.79 Å². The third kappa shape index (κ3) is 6.62. The molecule has 0 saturated carbocycles. The summed E-state index contributed by atoms with van der Waals surface area (Å²) in [6.45, 7) is 6.00. The van der Waals surface area contributed by atoms with Crippen molar-refractivity contribution >= 4 is 27.9 Å². The van der Waals surface area contributed by atoms with Gasteiger partial charge < -0.3 is 15.7 Å². The molecule has 0 saturated heterocycles. The van der Waals surface area contributed by atoms with Crippen LogP contribution in [0.2, 0.25) is 0 Å². The van der Waals surface area contributed by atoms with Crippen molar-refractivity contribution in [1.29, 1.82) is 0 Å².